The number of rotatable bonds is 5. The lowest BCUT2D eigenvalue weighted by Crippen LogP contribution is -2.20. The predicted octanol–water partition coefficient (Wildman–Crippen LogP) is 3.11. The minimum Gasteiger partial charge on any atom is -0.497 e. The lowest BCUT2D eigenvalue weighted by molar-refractivity contribution is 0.0691. The van der Waals surface area contributed by atoms with Crippen LogP contribution in [0.4, 0.5) is 0 Å². The number of halogens is 1. The van der Waals surface area contributed by atoms with Crippen LogP contribution in [0.25, 0.3) is 0 Å². The van der Waals surface area contributed by atoms with Gasteiger partial charge in [0.25, 0.3) is 0 Å². The summed E-state index contributed by atoms with van der Waals surface area (Å²) < 4.78 is 16.0. The Morgan fingerprint density at radius 2 is 1.81 bits per heavy atom. The first-order chi connectivity index (χ1) is 12.6. The number of fused-ring (bicyclic) bond motifs is 1. The van der Waals surface area contributed by atoms with Crippen molar-refractivity contribution in [2.24, 2.45) is 0 Å². The topological polar surface area (TPSA) is 77.0 Å². The normalized spacial score (nSPS) is 15.7. The molecule has 0 amide bonds. The molecule has 3 rings (SSSR count). The molecule has 0 saturated heterocycles. The maximum Gasteiger partial charge on any atom is 0.339 e. The summed E-state index contributed by atoms with van der Waals surface area (Å²) in [6.45, 7) is 1.42. The van der Waals surface area contributed by atoms with Crippen LogP contribution in [0.5, 0.6) is 17.2 Å². The number of hydrogen-bond acceptors (Lipinski definition) is 5. The molecule has 2 N–H and O–H groups in total. The Balaban J connectivity index is 0.00000261. The van der Waals surface area contributed by atoms with E-state index in [1.165, 1.54) is 14.2 Å². The molecule has 0 radical (unpaired) electrons. The van der Waals surface area contributed by atoms with Gasteiger partial charge >= 0.3 is 5.97 Å². The molecule has 2 aromatic rings. The maximum atomic E-state index is 12.0. The fourth-order valence-electron chi connectivity index (χ4n) is 3.56. The number of methoxy groups -OCH3 is 3. The molecule has 1 aliphatic heterocycles. The van der Waals surface area contributed by atoms with Crippen LogP contribution in [0.15, 0.2) is 30.3 Å². The summed E-state index contributed by atoms with van der Waals surface area (Å²) in [7, 11) is 4.62. The van der Waals surface area contributed by atoms with Gasteiger partial charge in [0.2, 0.25) is 0 Å². The zero-order valence-electron chi connectivity index (χ0n) is 15.6. The predicted molar refractivity (Wildman–Crippen MR) is 105 cm³/mol. The second-order valence-corrected chi connectivity index (χ2v) is 6.14. The Kier molecular flexibility index (Phi) is 6.93. The van der Waals surface area contributed by atoms with E-state index in [1.54, 1.807) is 7.11 Å². The third kappa shape index (κ3) is 3.96. The lowest BCUT2D eigenvalue weighted by atomic mass is 9.85. The first kappa shape index (κ1) is 20.9. The summed E-state index contributed by atoms with van der Waals surface area (Å²) in [6.07, 6.45) is 0.615. The SMILES string of the molecule is COc1ccc(C2CNCCc3c2cc(OC)c(OC)c3C(=O)O)cc1.Cl. The average molecular weight is 394 g/mol. The minimum absolute atomic E-state index is 0. The minimum atomic E-state index is -1.01. The third-order valence-electron chi connectivity index (χ3n) is 4.82. The van der Waals surface area contributed by atoms with E-state index >= 15 is 0 Å². The molecule has 0 aliphatic carbocycles. The van der Waals surface area contributed by atoms with E-state index in [1.807, 2.05) is 30.3 Å². The van der Waals surface area contributed by atoms with Crippen molar-refractivity contribution in [3.8, 4) is 17.2 Å². The van der Waals surface area contributed by atoms with Crippen LogP contribution in [0, 0.1) is 0 Å². The zero-order valence-corrected chi connectivity index (χ0v) is 16.4. The fraction of sp³-hybridized carbons (Fsp3) is 0.350. The smallest absolute Gasteiger partial charge is 0.339 e. The molecule has 0 bridgehead atoms. The van der Waals surface area contributed by atoms with Crippen LogP contribution in [-0.4, -0.2) is 45.5 Å². The van der Waals surface area contributed by atoms with Crippen molar-refractivity contribution in [3.05, 3.63) is 52.6 Å². The van der Waals surface area contributed by atoms with Crippen LogP contribution in [0.1, 0.15) is 33.0 Å². The quantitative estimate of drug-likeness (QED) is 0.812. The molecule has 0 aromatic heterocycles. The van der Waals surface area contributed by atoms with Crippen LogP contribution >= 0.6 is 12.4 Å². The standard InChI is InChI=1S/C20H23NO5.ClH/c1-24-13-6-4-12(5-7-13)16-11-21-9-8-14-15(16)10-17(25-2)19(26-3)18(14)20(22)23;/h4-7,10,16,21H,8-9,11H2,1-3H3,(H,22,23);1H. The number of carbonyl (C=O) groups is 1. The van der Waals surface area contributed by atoms with Crippen LogP contribution < -0.4 is 19.5 Å². The maximum absolute atomic E-state index is 12.0. The second kappa shape index (κ2) is 8.97. The largest absolute Gasteiger partial charge is 0.497 e. The highest BCUT2D eigenvalue weighted by atomic mass is 35.5. The number of carboxylic acid groups (broad SMARTS) is 1. The van der Waals surface area contributed by atoms with Crippen molar-refractivity contribution in [2.45, 2.75) is 12.3 Å². The van der Waals surface area contributed by atoms with Crippen molar-refractivity contribution < 1.29 is 24.1 Å². The highest BCUT2D eigenvalue weighted by molar-refractivity contribution is 5.94. The van der Waals surface area contributed by atoms with Gasteiger partial charge in [-0.05, 0) is 47.9 Å². The lowest BCUT2D eigenvalue weighted by Gasteiger charge is -2.22. The summed E-state index contributed by atoms with van der Waals surface area (Å²) >= 11 is 0. The van der Waals surface area contributed by atoms with Gasteiger partial charge in [-0.3, -0.25) is 0 Å². The van der Waals surface area contributed by atoms with E-state index in [0.717, 1.165) is 22.4 Å². The van der Waals surface area contributed by atoms with Gasteiger partial charge in [0, 0.05) is 12.5 Å². The van der Waals surface area contributed by atoms with Gasteiger partial charge in [-0.2, -0.15) is 0 Å². The monoisotopic (exact) mass is 393 g/mol. The summed E-state index contributed by atoms with van der Waals surface area (Å²) in [5.41, 5.74) is 3.02. The molecule has 2 aromatic carbocycles. The van der Waals surface area contributed by atoms with Crippen molar-refractivity contribution in [3.63, 3.8) is 0 Å². The van der Waals surface area contributed by atoms with E-state index in [2.05, 4.69) is 5.32 Å². The number of hydrogen-bond donors (Lipinski definition) is 2. The van der Waals surface area contributed by atoms with Gasteiger partial charge in [-0.25, -0.2) is 4.79 Å². The van der Waals surface area contributed by atoms with Gasteiger partial charge in [0.15, 0.2) is 11.5 Å². The summed E-state index contributed by atoms with van der Waals surface area (Å²) in [6, 6.07) is 9.76. The first-order valence-electron chi connectivity index (χ1n) is 8.46. The molecule has 1 unspecified atom stereocenters. The molecule has 1 aliphatic rings. The first-order valence-corrected chi connectivity index (χ1v) is 8.46. The van der Waals surface area contributed by atoms with Crippen molar-refractivity contribution in [1.82, 2.24) is 5.32 Å². The number of ether oxygens (including phenoxy) is 3. The molecular weight excluding hydrogens is 370 g/mol. The Labute approximate surface area is 164 Å². The Hall–Kier alpha value is -2.44. The molecular formula is C20H24ClNO5. The molecule has 1 atom stereocenters. The highest BCUT2D eigenvalue weighted by Gasteiger charge is 2.29. The van der Waals surface area contributed by atoms with E-state index in [4.69, 9.17) is 14.2 Å². The number of benzene rings is 2. The van der Waals surface area contributed by atoms with Gasteiger partial charge < -0.3 is 24.6 Å². The molecule has 0 saturated carbocycles. The molecule has 1 heterocycles. The third-order valence-corrected chi connectivity index (χ3v) is 4.82. The molecule has 0 spiro atoms. The van der Waals surface area contributed by atoms with E-state index in [0.29, 0.717) is 25.3 Å². The van der Waals surface area contributed by atoms with Crippen molar-refractivity contribution in [1.29, 1.82) is 0 Å². The van der Waals surface area contributed by atoms with Gasteiger partial charge in [0.1, 0.15) is 11.3 Å². The summed E-state index contributed by atoms with van der Waals surface area (Å²) in [4.78, 5) is 12.0. The number of carboxylic acids is 1. The molecule has 6 nitrogen and oxygen atoms in total. The van der Waals surface area contributed by atoms with Crippen molar-refractivity contribution >= 4 is 18.4 Å². The number of nitrogens with one attached hydrogen (secondary N) is 1. The van der Waals surface area contributed by atoms with Crippen LogP contribution in [0.2, 0.25) is 0 Å². The molecule has 7 heteroatoms. The van der Waals surface area contributed by atoms with Gasteiger partial charge in [-0.1, -0.05) is 12.1 Å². The Morgan fingerprint density at radius 1 is 1.11 bits per heavy atom. The summed E-state index contributed by atoms with van der Waals surface area (Å²) in [5, 5.41) is 13.2. The average Bonchev–Trinajstić information content (AvgIpc) is 2.88. The van der Waals surface area contributed by atoms with Gasteiger partial charge in [-0.15, -0.1) is 12.4 Å². The van der Waals surface area contributed by atoms with Crippen LogP contribution in [0.3, 0.4) is 0 Å². The fourth-order valence-corrected chi connectivity index (χ4v) is 3.56. The molecule has 27 heavy (non-hydrogen) atoms. The van der Waals surface area contributed by atoms with E-state index < -0.39 is 5.97 Å². The number of aromatic carboxylic acids is 1. The summed E-state index contributed by atoms with van der Waals surface area (Å²) in [5.74, 6) is 0.496. The molecule has 0 fully saturated rings. The zero-order chi connectivity index (χ0) is 18.7. The Bertz CT molecular complexity index is 807. The highest BCUT2D eigenvalue weighted by Crippen LogP contribution is 2.41. The Morgan fingerprint density at radius 3 is 2.37 bits per heavy atom. The van der Waals surface area contributed by atoms with E-state index in [9.17, 15) is 9.90 Å². The second-order valence-electron chi connectivity index (χ2n) is 6.14. The van der Waals surface area contributed by atoms with E-state index in [-0.39, 0.29) is 29.6 Å². The van der Waals surface area contributed by atoms with Crippen molar-refractivity contribution in [2.75, 3.05) is 34.4 Å². The van der Waals surface area contributed by atoms with Gasteiger partial charge in [0.05, 0.1) is 21.3 Å². The van der Waals surface area contributed by atoms with Crippen LogP contribution in [-0.2, 0) is 6.42 Å². The molecule has 146 valence electrons.